The second-order valence-electron chi connectivity index (χ2n) is 5.69. The first-order valence-electron chi connectivity index (χ1n) is 7.23. The van der Waals surface area contributed by atoms with E-state index in [4.69, 9.17) is 4.52 Å². The summed E-state index contributed by atoms with van der Waals surface area (Å²) in [6.45, 7) is 5.12. The van der Waals surface area contributed by atoms with Gasteiger partial charge in [0.1, 0.15) is 5.76 Å². The standard InChI is InChI=1S/C14H21N3O2/c1-10(17-6-2-3-7-17)9-15-14(18)12-8-13(19-16-12)11-4-5-11/h8,10-11H,2-7,9H2,1H3,(H,15,18). The van der Waals surface area contributed by atoms with Crippen molar-refractivity contribution in [3.8, 4) is 0 Å². The summed E-state index contributed by atoms with van der Waals surface area (Å²) in [4.78, 5) is 14.4. The van der Waals surface area contributed by atoms with Crippen molar-refractivity contribution >= 4 is 5.91 Å². The third-order valence-electron chi connectivity index (χ3n) is 4.06. The first-order chi connectivity index (χ1) is 9.24. The van der Waals surface area contributed by atoms with Gasteiger partial charge in [-0.2, -0.15) is 0 Å². The van der Waals surface area contributed by atoms with Crippen LogP contribution in [0.25, 0.3) is 0 Å². The van der Waals surface area contributed by atoms with Crippen LogP contribution in [0, 0.1) is 0 Å². The SMILES string of the molecule is CC(CNC(=O)c1cc(C2CC2)on1)N1CCCC1. The molecule has 1 saturated carbocycles. The molecule has 19 heavy (non-hydrogen) atoms. The molecule has 104 valence electrons. The molecule has 2 heterocycles. The van der Waals surface area contributed by atoms with Crippen LogP contribution in [-0.2, 0) is 0 Å². The summed E-state index contributed by atoms with van der Waals surface area (Å²) in [7, 11) is 0. The minimum Gasteiger partial charge on any atom is -0.360 e. The lowest BCUT2D eigenvalue weighted by molar-refractivity contribution is 0.0931. The summed E-state index contributed by atoms with van der Waals surface area (Å²) in [5.41, 5.74) is 0.413. The molecule has 1 aliphatic heterocycles. The molecule has 1 atom stereocenters. The molecular formula is C14H21N3O2. The van der Waals surface area contributed by atoms with Crippen molar-refractivity contribution in [1.29, 1.82) is 0 Å². The van der Waals surface area contributed by atoms with Crippen LogP contribution in [0.2, 0.25) is 0 Å². The molecule has 0 aromatic carbocycles. The Morgan fingerprint density at radius 2 is 2.26 bits per heavy atom. The highest BCUT2D eigenvalue weighted by atomic mass is 16.5. The second-order valence-corrected chi connectivity index (χ2v) is 5.69. The smallest absolute Gasteiger partial charge is 0.273 e. The summed E-state index contributed by atoms with van der Waals surface area (Å²) in [6, 6.07) is 2.18. The van der Waals surface area contributed by atoms with Crippen LogP contribution in [0.15, 0.2) is 10.6 Å². The number of carbonyl (C=O) groups is 1. The van der Waals surface area contributed by atoms with Crippen LogP contribution in [-0.4, -0.2) is 41.6 Å². The average molecular weight is 263 g/mol. The number of hydrogen-bond donors (Lipinski definition) is 1. The number of aromatic nitrogens is 1. The minimum atomic E-state index is -0.123. The number of carbonyl (C=O) groups excluding carboxylic acids is 1. The van der Waals surface area contributed by atoms with Crippen LogP contribution < -0.4 is 5.32 Å². The van der Waals surface area contributed by atoms with E-state index in [0.29, 0.717) is 24.2 Å². The molecule has 5 nitrogen and oxygen atoms in total. The lowest BCUT2D eigenvalue weighted by atomic mass is 10.2. The number of amides is 1. The van der Waals surface area contributed by atoms with Gasteiger partial charge >= 0.3 is 0 Å². The van der Waals surface area contributed by atoms with Gasteiger partial charge in [-0.1, -0.05) is 5.16 Å². The van der Waals surface area contributed by atoms with E-state index >= 15 is 0 Å². The predicted octanol–water partition coefficient (Wildman–Crippen LogP) is 1.77. The normalized spacial score (nSPS) is 21.5. The van der Waals surface area contributed by atoms with Crippen molar-refractivity contribution < 1.29 is 9.32 Å². The Hall–Kier alpha value is -1.36. The van der Waals surface area contributed by atoms with Gasteiger partial charge in [0.15, 0.2) is 5.69 Å². The zero-order valence-corrected chi connectivity index (χ0v) is 11.4. The Kier molecular flexibility index (Phi) is 3.55. The fourth-order valence-corrected chi connectivity index (χ4v) is 2.60. The second kappa shape index (κ2) is 5.33. The molecule has 1 aromatic heterocycles. The van der Waals surface area contributed by atoms with Gasteiger partial charge in [0.25, 0.3) is 5.91 Å². The Labute approximate surface area is 113 Å². The van der Waals surface area contributed by atoms with Gasteiger partial charge in [0, 0.05) is 24.6 Å². The first-order valence-corrected chi connectivity index (χ1v) is 7.23. The summed E-state index contributed by atoms with van der Waals surface area (Å²) >= 11 is 0. The molecular weight excluding hydrogens is 242 g/mol. The molecule has 1 aromatic rings. The lowest BCUT2D eigenvalue weighted by Gasteiger charge is -2.23. The van der Waals surface area contributed by atoms with E-state index in [0.717, 1.165) is 31.7 Å². The molecule has 1 aliphatic carbocycles. The molecule has 1 saturated heterocycles. The van der Waals surface area contributed by atoms with Crippen LogP contribution in [0.1, 0.15) is 54.8 Å². The number of nitrogens with one attached hydrogen (secondary N) is 1. The van der Waals surface area contributed by atoms with Crippen LogP contribution in [0.3, 0.4) is 0 Å². The highest BCUT2D eigenvalue weighted by Gasteiger charge is 2.29. The Morgan fingerprint density at radius 1 is 1.53 bits per heavy atom. The van der Waals surface area contributed by atoms with E-state index in [2.05, 4.69) is 22.3 Å². The van der Waals surface area contributed by atoms with E-state index < -0.39 is 0 Å². The lowest BCUT2D eigenvalue weighted by Crippen LogP contribution is -2.40. The zero-order chi connectivity index (χ0) is 13.2. The minimum absolute atomic E-state index is 0.123. The van der Waals surface area contributed by atoms with Crippen molar-refractivity contribution in [3.63, 3.8) is 0 Å². The van der Waals surface area contributed by atoms with Gasteiger partial charge in [0.05, 0.1) is 0 Å². The number of nitrogens with zero attached hydrogens (tertiary/aromatic N) is 2. The molecule has 3 rings (SSSR count). The average Bonchev–Trinajstić information content (AvgIpc) is 2.96. The molecule has 1 unspecified atom stereocenters. The molecule has 1 amide bonds. The summed E-state index contributed by atoms with van der Waals surface area (Å²) < 4.78 is 5.20. The summed E-state index contributed by atoms with van der Waals surface area (Å²) in [6.07, 6.45) is 4.85. The van der Waals surface area contributed by atoms with Crippen molar-refractivity contribution in [2.45, 2.75) is 44.6 Å². The number of hydrogen-bond acceptors (Lipinski definition) is 4. The molecule has 0 radical (unpaired) electrons. The maximum Gasteiger partial charge on any atom is 0.273 e. The Bertz CT molecular complexity index is 447. The molecule has 5 heteroatoms. The molecule has 2 fully saturated rings. The van der Waals surface area contributed by atoms with Crippen molar-refractivity contribution in [2.24, 2.45) is 0 Å². The van der Waals surface area contributed by atoms with Gasteiger partial charge in [-0.3, -0.25) is 9.69 Å². The predicted molar refractivity (Wildman–Crippen MR) is 71.1 cm³/mol. The van der Waals surface area contributed by atoms with Crippen molar-refractivity contribution in [2.75, 3.05) is 19.6 Å². The van der Waals surface area contributed by atoms with E-state index in [9.17, 15) is 4.79 Å². The fourth-order valence-electron chi connectivity index (χ4n) is 2.60. The van der Waals surface area contributed by atoms with E-state index in [1.165, 1.54) is 12.8 Å². The van der Waals surface area contributed by atoms with Gasteiger partial charge in [0.2, 0.25) is 0 Å². The van der Waals surface area contributed by atoms with Crippen molar-refractivity contribution in [1.82, 2.24) is 15.4 Å². The van der Waals surface area contributed by atoms with E-state index in [-0.39, 0.29) is 5.91 Å². The van der Waals surface area contributed by atoms with Crippen LogP contribution in [0.4, 0.5) is 0 Å². The van der Waals surface area contributed by atoms with Crippen LogP contribution in [0.5, 0.6) is 0 Å². The molecule has 0 bridgehead atoms. The van der Waals surface area contributed by atoms with Crippen molar-refractivity contribution in [3.05, 3.63) is 17.5 Å². The first kappa shape index (κ1) is 12.7. The largest absolute Gasteiger partial charge is 0.360 e. The maximum atomic E-state index is 12.0. The monoisotopic (exact) mass is 263 g/mol. The molecule has 0 spiro atoms. The maximum absolute atomic E-state index is 12.0. The Balaban J connectivity index is 1.49. The molecule has 1 N–H and O–H groups in total. The quantitative estimate of drug-likeness (QED) is 0.879. The summed E-state index contributed by atoms with van der Waals surface area (Å²) in [5, 5.41) is 6.80. The Morgan fingerprint density at radius 3 is 2.95 bits per heavy atom. The van der Waals surface area contributed by atoms with E-state index in [1.807, 2.05) is 0 Å². The summed E-state index contributed by atoms with van der Waals surface area (Å²) in [5.74, 6) is 1.23. The van der Waals surface area contributed by atoms with Crippen LogP contribution >= 0.6 is 0 Å². The number of likely N-dealkylation sites (tertiary alicyclic amines) is 1. The van der Waals surface area contributed by atoms with Gasteiger partial charge in [-0.15, -0.1) is 0 Å². The topological polar surface area (TPSA) is 58.4 Å². The third-order valence-corrected chi connectivity index (χ3v) is 4.06. The molecule has 2 aliphatic rings. The third kappa shape index (κ3) is 2.97. The zero-order valence-electron chi connectivity index (χ0n) is 11.4. The fraction of sp³-hybridized carbons (Fsp3) is 0.714. The van der Waals surface area contributed by atoms with Gasteiger partial charge in [-0.05, 0) is 45.7 Å². The highest BCUT2D eigenvalue weighted by Crippen LogP contribution is 2.40. The van der Waals surface area contributed by atoms with E-state index in [1.54, 1.807) is 6.07 Å². The van der Waals surface area contributed by atoms with Gasteiger partial charge in [-0.25, -0.2) is 0 Å². The number of rotatable bonds is 5. The van der Waals surface area contributed by atoms with Gasteiger partial charge < -0.3 is 9.84 Å². The highest BCUT2D eigenvalue weighted by molar-refractivity contribution is 5.92.